The monoisotopic (exact) mass is 384 g/mol. The van der Waals surface area contributed by atoms with Gasteiger partial charge in [0.05, 0.1) is 11.6 Å². The van der Waals surface area contributed by atoms with Gasteiger partial charge in [0.25, 0.3) is 5.91 Å². The largest absolute Gasteiger partial charge is 0.378 e. The van der Waals surface area contributed by atoms with Gasteiger partial charge in [-0.05, 0) is 36.9 Å². The first kappa shape index (κ1) is 20.3. The van der Waals surface area contributed by atoms with Crippen molar-refractivity contribution in [2.75, 3.05) is 58.8 Å². The van der Waals surface area contributed by atoms with E-state index in [4.69, 9.17) is 0 Å². The molecule has 1 saturated heterocycles. The van der Waals surface area contributed by atoms with E-state index in [1.54, 1.807) is 12.1 Å². The molecule has 1 amide bonds. The molecule has 1 N–H and O–H groups in total. The van der Waals surface area contributed by atoms with Crippen LogP contribution in [0.5, 0.6) is 0 Å². The summed E-state index contributed by atoms with van der Waals surface area (Å²) in [7, 11) is 6.15. The predicted molar refractivity (Wildman–Crippen MR) is 111 cm³/mol. The SMILES string of the molecule is CN1CCN([C@@H](CNC(=O)c2ccccc2F)c2ccc(N(C)C)cc2)CC1. The van der Waals surface area contributed by atoms with E-state index in [-0.39, 0.29) is 17.5 Å². The topological polar surface area (TPSA) is 38.8 Å². The summed E-state index contributed by atoms with van der Waals surface area (Å²) in [5.41, 5.74) is 2.38. The zero-order valence-corrected chi connectivity index (χ0v) is 16.9. The van der Waals surface area contributed by atoms with Crippen molar-refractivity contribution in [2.45, 2.75) is 6.04 Å². The Morgan fingerprint density at radius 3 is 2.32 bits per heavy atom. The molecule has 2 aromatic carbocycles. The Bertz CT molecular complexity index is 785. The van der Waals surface area contributed by atoms with Gasteiger partial charge in [-0.3, -0.25) is 9.69 Å². The zero-order valence-electron chi connectivity index (χ0n) is 16.9. The molecule has 150 valence electrons. The highest BCUT2D eigenvalue weighted by Gasteiger charge is 2.25. The van der Waals surface area contributed by atoms with Crippen LogP contribution in [0.3, 0.4) is 0 Å². The Balaban J connectivity index is 1.76. The van der Waals surface area contributed by atoms with E-state index in [0.717, 1.165) is 37.4 Å². The highest BCUT2D eigenvalue weighted by molar-refractivity contribution is 5.94. The minimum absolute atomic E-state index is 0.0561. The van der Waals surface area contributed by atoms with Gasteiger partial charge in [-0.15, -0.1) is 0 Å². The van der Waals surface area contributed by atoms with Crippen LogP contribution in [-0.4, -0.2) is 69.6 Å². The third-order valence-electron chi connectivity index (χ3n) is 5.35. The number of anilines is 1. The molecule has 1 heterocycles. The van der Waals surface area contributed by atoms with Gasteiger partial charge in [-0.25, -0.2) is 4.39 Å². The number of amides is 1. The molecule has 1 fully saturated rings. The second-order valence-electron chi connectivity index (χ2n) is 7.53. The predicted octanol–water partition coefficient (Wildman–Crippen LogP) is 2.61. The Morgan fingerprint density at radius 2 is 1.71 bits per heavy atom. The summed E-state index contributed by atoms with van der Waals surface area (Å²) in [5, 5.41) is 2.94. The molecule has 1 aliphatic rings. The maximum atomic E-state index is 13.9. The summed E-state index contributed by atoms with van der Waals surface area (Å²) in [4.78, 5) is 19.3. The fourth-order valence-corrected chi connectivity index (χ4v) is 3.52. The molecule has 0 bridgehead atoms. The lowest BCUT2D eigenvalue weighted by Crippen LogP contribution is -2.48. The van der Waals surface area contributed by atoms with Crippen LogP contribution in [-0.2, 0) is 0 Å². The second-order valence-corrected chi connectivity index (χ2v) is 7.53. The molecule has 0 aromatic heterocycles. The molecule has 0 spiro atoms. The number of hydrogen-bond acceptors (Lipinski definition) is 4. The number of carbonyl (C=O) groups is 1. The molecule has 0 aliphatic carbocycles. The van der Waals surface area contributed by atoms with Crippen molar-refractivity contribution in [1.29, 1.82) is 0 Å². The van der Waals surface area contributed by atoms with Crippen molar-refractivity contribution in [1.82, 2.24) is 15.1 Å². The number of halogens is 1. The van der Waals surface area contributed by atoms with Crippen molar-refractivity contribution < 1.29 is 9.18 Å². The molecule has 3 rings (SSSR count). The van der Waals surface area contributed by atoms with Gasteiger partial charge in [0.15, 0.2) is 0 Å². The molecule has 0 radical (unpaired) electrons. The summed E-state index contributed by atoms with van der Waals surface area (Å²) in [6, 6.07) is 14.6. The normalized spacial score (nSPS) is 16.6. The highest BCUT2D eigenvalue weighted by atomic mass is 19.1. The minimum atomic E-state index is -0.494. The lowest BCUT2D eigenvalue weighted by atomic mass is 10.0. The third kappa shape index (κ3) is 4.88. The summed E-state index contributed by atoms with van der Waals surface area (Å²) in [6.45, 7) is 4.30. The Morgan fingerprint density at radius 1 is 1.07 bits per heavy atom. The molecule has 6 heteroatoms. The molecule has 0 saturated carbocycles. The van der Waals surface area contributed by atoms with Crippen LogP contribution in [0.2, 0.25) is 0 Å². The van der Waals surface area contributed by atoms with Gasteiger partial charge < -0.3 is 15.1 Å². The average Bonchev–Trinajstić information content (AvgIpc) is 2.70. The second kappa shape index (κ2) is 9.17. The highest BCUT2D eigenvalue weighted by Crippen LogP contribution is 2.24. The van der Waals surface area contributed by atoms with Crippen LogP contribution in [0.15, 0.2) is 48.5 Å². The van der Waals surface area contributed by atoms with Crippen molar-refractivity contribution in [2.24, 2.45) is 0 Å². The van der Waals surface area contributed by atoms with Gasteiger partial charge in [0.1, 0.15) is 5.82 Å². The summed E-state index contributed by atoms with van der Waals surface area (Å²) in [5.74, 6) is -0.867. The van der Waals surface area contributed by atoms with E-state index >= 15 is 0 Å². The Labute approximate surface area is 166 Å². The van der Waals surface area contributed by atoms with E-state index in [2.05, 4.69) is 51.3 Å². The molecular weight excluding hydrogens is 355 g/mol. The van der Waals surface area contributed by atoms with Gasteiger partial charge in [-0.2, -0.15) is 0 Å². The average molecular weight is 384 g/mol. The number of nitrogens with one attached hydrogen (secondary N) is 1. The zero-order chi connectivity index (χ0) is 20.1. The van der Waals surface area contributed by atoms with E-state index in [1.807, 2.05) is 14.1 Å². The maximum absolute atomic E-state index is 13.9. The van der Waals surface area contributed by atoms with Crippen molar-refractivity contribution in [3.05, 3.63) is 65.5 Å². The number of likely N-dealkylation sites (N-methyl/N-ethyl adjacent to an activating group) is 1. The third-order valence-corrected chi connectivity index (χ3v) is 5.35. The smallest absolute Gasteiger partial charge is 0.254 e. The minimum Gasteiger partial charge on any atom is -0.378 e. The molecular formula is C22H29FN4O. The molecule has 0 unspecified atom stereocenters. The van der Waals surface area contributed by atoms with Crippen LogP contribution in [0.4, 0.5) is 10.1 Å². The van der Waals surface area contributed by atoms with Crippen LogP contribution in [0.25, 0.3) is 0 Å². The lowest BCUT2D eigenvalue weighted by Gasteiger charge is -2.38. The number of rotatable bonds is 6. The van der Waals surface area contributed by atoms with Gasteiger partial charge >= 0.3 is 0 Å². The van der Waals surface area contributed by atoms with Gasteiger partial charge in [0.2, 0.25) is 0 Å². The first-order chi connectivity index (χ1) is 13.5. The molecule has 28 heavy (non-hydrogen) atoms. The van der Waals surface area contributed by atoms with E-state index in [9.17, 15) is 9.18 Å². The first-order valence-corrected chi connectivity index (χ1v) is 9.68. The molecule has 2 aromatic rings. The number of hydrogen-bond donors (Lipinski definition) is 1. The standard InChI is InChI=1S/C22H29FN4O/c1-25(2)18-10-8-17(9-11-18)21(27-14-12-26(3)13-15-27)16-24-22(28)19-6-4-5-7-20(19)23/h4-11,21H,12-16H2,1-3H3,(H,24,28)/t21-/m0/s1. The number of benzene rings is 2. The molecule has 5 nitrogen and oxygen atoms in total. The molecule has 1 atom stereocenters. The quantitative estimate of drug-likeness (QED) is 0.831. The fourth-order valence-electron chi connectivity index (χ4n) is 3.52. The fraction of sp³-hybridized carbons (Fsp3) is 0.409. The van der Waals surface area contributed by atoms with Crippen molar-refractivity contribution >= 4 is 11.6 Å². The van der Waals surface area contributed by atoms with Crippen LogP contribution in [0.1, 0.15) is 22.0 Å². The summed E-state index contributed by atoms with van der Waals surface area (Å²) >= 11 is 0. The van der Waals surface area contributed by atoms with E-state index in [1.165, 1.54) is 12.1 Å². The van der Waals surface area contributed by atoms with Gasteiger partial charge in [-0.1, -0.05) is 24.3 Å². The Hall–Kier alpha value is -2.44. The van der Waals surface area contributed by atoms with E-state index in [0.29, 0.717) is 6.54 Å². The summed E-state index contributed by atoms with van der Waals surface area (Å²) in [6.07, 6.45) is 0. The van der Waals surface area contributed by atoms with Crippen LogP contribution < -0.4 is 10.2 Å². The number of piperazine rings is 1. The summed E-state index contributed by atoms with van der Waals surface area (Å²) < 4.78 is 13.9. The number of carbonyl (C=O) groups excluding carboxylic acids is 1. The number of nitrogens with zero attached hydrogens (tertiary/aromatic N) is 3. The lowest BCUT2D eigenvalue weighted by molar-refractivity contribution is 0.0883. The van der Waals surface area contributed by atoms with Gasteiger partial charge in [0, 0.05) is 52.5 Å². The van der Waals surface area contributed by atoms with Crippen LogP contribution >= 0.6 is 0 Å². The Kier molecular flexibility index (Phi) is 6.65. The van der Waals surface area contributed by atoms with Crippen LogP contribution in [0, 0.1) is 5.82 Å². The molecule has 1 aliphatic heterocycles. The van der Waals surface area contributed by atoms with E-state index < -0.39 is 5.82 Å². The van der Waals surface area contributed by atoms with Crippen molar-refractivity contribution in [3.63, 3.8) is 0 Å². The maximum Gasteiger partial charge on any atom is 0.254 e. The van der Waals surface area contributed by atoms with Crippen molar-refractivity contribution in [3.8, 4) is 0 Å². The first-order valence-electron chi connectivity index (χ1n) is 9.68.